The lowest BCUT2D eigenvalue weighted by atomic mass is 9.85. The molecule has 0 bridgehead atoms. The molecule has 27 heavy (non-hydrogen) atoms. The van der Waals surface area contributed by atoms with Gasteiger partial charge in [-0.2, -0.15) is 8.89 Å². The highest BCUT2D eigenvalue weighted by Gasteiger charge is 2.29. The molecule has 2 aliphatic rings. The van der Waals surface area contributed by atoms with Crippen molar-refractivity contribution in [3.8, 4) is 0 Å². The number of aromatic nitrogens is 6. The third kappa shape index (κ3) is 3.03. The third-order valence-electron chi connectivity index (χ3n) is 5.76. The predicted molar refractivity (Wildman–Crippen MR) is 106 cm³/mol. The van der Waals surface area contributed by atoms with Gasteiger partial charge in [0.2, 0.25) is 5.13 Å². The smallest absolute Gasteiger partial charge is 0.205 e. The Morgan fingerprint density at radius 2 is 1.85 bits per heavy atom. The first-order valence-electron chi connectivity index (χ1n) is 9.67. The van der Waals surface area contributed by atoms with Crippen LogP contribution in [-0.4, -0.2) is 56.4 Å². The molecule has 3 aromatic rings. The van der Waals surface area contributed by atoms with E-state index in [4.69, 9.17) is 10.1 Å². The van der Waals surface area contributed by atoms with Gasteiger partial charge in [-0.15, -0.1) is 15.3 Å². The lowest BCUT2D eigenvalue weighted by Crippen LogP contribution is -2.33. The van der Waals surface area contributed by atoms with Gasteiger partial charge in [0.05, 0.1) is 0 Å². The Balaban J connectivity index is 1.31. The van der Waals surface area contributed by atoms with Crippen LogP contribution in [0.15, 0.2) is 12.1 Å². The molecular weight excluding hydrogens is 360 g/mol. The molecule has 1 aliphatic carbocycles. The van der Waals surface area contributed by atoms with Crippen molar-refractivity contribution in [2.45, 2.75) is 43.9 Å². The van der Waals surface area contributed by atoms with Crippen LogP contribution in [0.4, 0.5) is 10.9 Å². The third-order valence-corrected chi connectivity index (χ3v) is 6.55. The van der Waals surface area contributed by atoms with Crippen LogP contribution in [0.2, 0.25) is 0 Å². The molecule has 3 aromatic heterocycles. The number of hydrogen-bond donors (Lipinski definition) is 0. The zero-order valence-corrected chi connectivity index (χ0v) is 16.6. The summed E-state index contributed by atoms with van der Waals surface area (Å²) in [5.74, 6) is 3.93. The van der Waals surface area contributed by atoms with Crippen LogP contribution in [0.5, 0.6) is 0 Å². The number of nitrogens with zero attached hydrogens (tertiary/aromatic N) is 8. The number of anilines is 2. The summed E-state index contributed by atoms with van der Waals surface area (Å²) in [5, 5.41) is 14.5. The fraction of sp³-hybridized carbons (Fsp3) is 0.611. The van der Waals surface area contributed by atoms with Crippen molar-refractivity contribution in [1.29, 1.82) is 0 Å². The van der Waals surface area contributed by atoms with E-state index in [1.165, 1.54) is 19.3 Å². The molecule has 9 heteroatoms. The van der Waals surface area contributed by atoms with Gasteiger partial charge in [-0.05, 0) is 37.8 Å². The fourth-order valence-corrected chi connectivity index (χ4v) is 4.60. The average Bonchev–Trinajstić information content (AvgIpc) is 3.27. The van der Waals surface area contributed by atoms with Crippen molar-refractivity contribution >= 4 is 28.1 Å². The van der Waals surface area contributed by atoms with Crippen molar-refractivity contribution in [2.75, 3.05) is 37.0 Å². The predicted octanol–water partition coefficient (Wildman–Crippen LogP) is 2.69. The summed E-state index contributed by atoms with van der Waals surface area (Å²) in [4.78, 5) is 9.18. The van der Waals surface area contributed by atoms with E-state index in [2.05, 4.69) is 19.5 Å². The van der Waals surface area contributed by atoms with Gasteiger partial charge in [-0.1, -0.05) is 6.42 Å². The highest BCUT2D eigenvalue weighted by Crippen LogP contribution is 2.37. The van der Waals surface area contributed by atoms with E-state index in [0.29, 0.717) is 11.8 Å². The van der Waals surface area contributed by atoms with Gasteiger partial charge >= 0.3 is 0 Å². The van der Waals surface area contributed by atoms with Gasteiger partial charge in [0.1, 0.15) is 11.6 Å². The average molecular weight is 385 g/mol. The minimum atomic E-state index is 0.375. The van der Waals surface area contributed by atoms with Crippen LogP contribution in [0.3, 0.4) is 0 Å². The topological polar surface area (TPSA) is 75.3 Å². The molecule has 1 aliphatic heterocycles. The summed E-state index contributed by atoms with van der Waals surface area (Å²) in [6.07, 6.45) is 5.89. The largest absolute Gasteiger partial charge is 0.361 e. The highest BCUT2D eigenvalue weighted by atomic mass is 32.1. The summed E-state index contributed by atoms with van der Waals surface area (Å²) < 4.78 is 6.51. The molecule has 0 unspecified atom stereocenters. The maximum absolute atomic E-state index is 4.81. The minimum Gasteiger partial charge on any atom is -0.361 e. The van der Waals surface area contributed by atoms with E-state index in [9.17, 15) is 0 Å². The van der Waals surface area contributed by atoms with Crippen molar-refractivity contribution in [3.05, 3.63) is 23.8 Å². The fourth-order valence-electron chi connectivity index (χ4n) is 3.80. The zero-order valence-electron chi connectivity index (χ0n) is 15.7. The van der Waals surface area contributed by atoms with E-state index < -0.39 is 0 Å². The van der Waals surface area contributed by atoms with Gasteiger partial charge in [0.25, 0.3) is 0 Å². The normalized spacial score (nSPS) is 18.8. The number of fused-ring (bicyclic) bond motifs is 1. The Hall–Kier alpha value is -2.29. The number of piperidine rings is 1. The van der Waals surface area contributed by atoms with Crippen LogP contribution >= 0.6 is 11.5 Å². The maximum Gasteiger partial charge on any atom is 0.205 e. The standard InChI is InChI=1S/C18H24N8S/c1-24(2)15-7-6-14-20-21-17(26(14)22-15)13-8-10-25(11-9-13)18-19-16(23-27-18)12-4-3-5-12/h6-7,12-13H,3-5,8-11H2,1-2H3. The Bertz CT molecular complexity index is 936. The minimum absolute atomic E-state index is 0.375. The first kappa shape index (κ1) is 16.9. The lowest BCUT2D eigenvalue weighted by molar-refractivity contribution is 0.404. The van der Waals surface area contributed by atoms with Crippen molar-refractivity contribution in [3.63, 3.8) is 0 Å². The second kappa shape index (κ2) is 6.70. The van der Waals surface area contributed by atoms with E-state index >= 15 is 0 Å². The first-order chi connectivity index (χ1) is 13.2. The SMILES string of the molecule is CN(C)c1ccc2nnc(C3CCN(c4nc(C5CCC5)ns4)CC3)n2n1. The van der Waals surface area contributed by atoms with E-state index in [1.807, 2.05) is 35.6 Å². The molecule has 5 rings (SSSR count). The quantitative estimate of drug-likeness (QED) is 0.684. The van der Waals surface area contributed by atoms with Crippen molar-refractivity contribution in [1.82, 2.24) is 29.2 Å². The molecule has 8 nitrogen and oxygen atoms in total. The van der Waals surface area contributed by atoms with Crippen LogP contribution in [0.25, 0.3) is 5.65 Å². The lowest BCUT2D eigenvalue weighted by Gasteiger charge is -2.30. The van der Waals surface area contributed by atoms with E-state index in [-0.39, 0.29) is 0 Å². The molecule has 1 saturated heterocycles. The van der Waals surface area contributed by atoms with E-state index in [0.717, 1.165) is 54.2 Å². The van der Waals surface area contributed by atoms with E-state index in [1.54, 1.807) is 11.5 Å². The Labute approximate surface area is 162 Å². The Kier molecular flexibility index (Phi) is 4.18. The van der Waals surface area contributed by atoms with Crippen LogP contribution in [0.1, 0.15) is 55.6 Å². The molecule has 1 saturated carbocycles. The highest BCUT2D eigenvalue weighted by molar-refractivity contribution is 7.09. The molecular formula is C18H24N8S. The summed E-state index contributed by atoms with van der Waals surface area (Å²) in [6.45, 7) is 1.96. The Morgan fingerprint density at radius 1 is 1.04 bits per heavy atom. The zero-order chi connectivity index (χ0) is 18.4. The van der Waals surface area contributed by atoms with Gasteiger partial charge in [0, 0.05) is 50.6 Å². The maximum atomic E-state index is 4.81. The van der Waals surface area contributed by atoms with Crippen molar-refractivity contribution in [2.24, 2.45) is 0 Å². The molecule has 0 atom stereocenters. The Morgan fingerprint density at radius 3 is 2.56 bits per heavy atom. The van der Waals surface area contributed by atoms with Gasteiger partial charge < -0.3 is 9.80 Å². The van der Waals surface area contributed by atoms with Crippen LogP contribution in [-0.2, 0) is 0 Å². The molecule has 0 radical (unpaired) electrons. The van der Waals surface area contributed by atoms with Gasteiger partial charge in [-0.25, -0.2) is 4.98 Å². The molecule has 0 aromatic carbocycles. The monoisotopic (exact) mass is 384 g/mol. The van der Waals surface area contributed by atoms with Crippen molar-refractivity contribution < 1.29 is 0 Å². The molecule has 4 heterocycles. The second-order valence-electron chi connectivity index (χ2n) is 7.74. The summed E-state index contributed by atoms with van der Waals surface area (Å²) >= 11 is 1.55. The van der Waals surface area contributed by atoms with Crippen LogP contribution in [0, 0.1) is 0 Å². The first-order valence-corrected chi connectivity index (χ1v) is 10.4. The summed E-state index contributed by atoms with van der Waals surface area (Å²) in [7, 11) is 3.99. The van der Waals surface area contributed by atoms with Gasteiger partial charge in [-0.3, -0.25) is 0 Å². The molecule has 0 spiro atoms. The second-order valence-corrected chi connectivity index (χ2v) is 8.47. The molecule has 142 valence electrons. The molecule has 2 fully saturated rings. The number of hydrogen-bond acceptors (Lipinski definition) is 8. The summed E-state index contributed by atoms with van der Waals surface area (Å²) in [6, 6.07) is 3.96. The molecule has 0 N–H and O–H groups in total. The summed E-state index contributed by atoms with van der Waals surface area (Å²) in [5.41, 5.74) is 0.812. The number of rotatable bonds is 4. The molecule has 0 amide bonds. The van der Waals surface area contributed by atoms with Gasteiger partial charge in [0.15, 0.2) is 11.5 Å². The van der Waals surface area contributed by atoms with Crippen LogP contribution < -0.4 is 9.80 Å².